The lowest BCUT2D eigenvalue weighted by atomic mass is 9.89. The van der Waals surface area contributed by atoms with Crippen molar-refractivity contribution in [2.24, 2.45) is 5.73 Å². The second kappa shape index (κ2) is 28.0. The number of rotatable bonds is 27. The van der Waals surface area contributed by atoms with Crippen molar-refractivity contribution in [2.75, 3.05) is 32.1 Å². The van der Waals surface area contributed by atoms with Gasteiger partial charge in [0, 0.05) is 35.6 Å². The zero-order valence-electron chi connectivity index (χ0n) is 29.0. The Morgan fingerprint density at radius 2 is 1.46 bits per heavy atom. The number of carbonyl (C=O) groups is 2. The number of carbonyl (C=O) groups excluding carboxylic acids is 2. The van der Waals surface area contributed by atoms with Crippen molar-refractivity contribution in [1.82, 2.24) is 10.3 Å². The summed E-state index contributed by atoms with van der Waals surface area (Å²) in [7, 11) is 3.21. The summed E-state index contributed by atoms with van der Waals surface area (Å²) in [6.45, 7) is 6.21. The Balaban J connectivity index is 2.31. The molecule has 1 aromatic heterocycles. The van der Waals surface area contributed by atoms with E-state index in [0.29, 0.717) is 36.4 Å². The Kier molecular flexibility index (Phi) is 25.2. The van der Waals surface area contributed by atoms with Crippen LogP contribution >= 0.6 is 21.6 Å². The van der Waals surface area contributed by atoms with E-state index in [-0.39, 0.29) is 31.6 Å². The molecule has 0 radical (unpaired) electrons. The zero-order valence-corrected chi connectivity index (χ0v) is 30.6. The van der Waals surface area contributed by atoms with E-state index in [4.69, 9.17) is 10.5 Å². The predicted molar refractivity (Wildman–Crippen MR) is 204 cm³/mol. The fourth-order valence-electron chi connectivity index (χ4n) is 4.33. The van der Waals surface area contributed by atoms with Crippen LogP contribution in [0.1, 0.15) is 94.1 Å². The van der Waals surface area contributed by atoms with Gasteiger partial charge < -0.3 is 26.0 Å². The predicted octanol–water partition coefficient (Wildman–Crippen LogP) is 7.39. The molecule has 0 aliphatic carbocycles. The highest BCUT2D eigenvalue weighted by Gasteiger charge is 2.36. The van der Waals surface area contributed by atoms with Crippen LogP contribution in [0.25, 0.3) is 0 Å². The molecule has 10 heteroatoms. The Labute approximate surface area is 296 Å². The van der Waals surface area contributed by atoms with Crippen LogP contribution in [0.2, 0.25) is 0 Å². The van der Waals surface area contributed by atoms with Crippen molar-refractivity contribution < 1.29 is 24.5 Å². The van der Waals surface area contributed by atoms with Crippen LogP contribution in [-0.2, 0) is 9.53 Å². The van der Waals surface area contributed by atoms with E-state index in [1.54, 1.807) is 39.9 Å². The van der Waals surface area contributed by atoms with Crippen molar-refractivity contribution in [2.45, 2.75) is 88.9 Å². The number of allylic oxidation sites excluding steroid dienone is 12. The van der Waals surface area contributed by atoms with Crippen molar-refractivity contribution in [3.63, 3.8) is 0 Å². The molecule has 0 spiro atoms. The molecule has 0 aromatic carbocycles. The molecule has 0 fully saturated rings. The van der Waals surface area contributed by atoms with E-state index in [0.717, 1.165) is 38.5 Å². The number of nitrogens with two attached hydrogens (primary N) is 1. The summed E-state index contributed by atoms with van der Waals surface area (Å²) in [5.74, 6) is -0.225. The molecular formula is C38H57N3O5S2. The maximum Gasteiger partial charge on any atom is 0.250 e. The van der Waals surface area contributed by atoms with Crippen LogP contribution in [-0.4, -0.2) is 70.0 Å². The summed E-state index contributed by atoms with van der Waals surface area (Å²) in [5, 5.41) is 21.9. The molecule has 266 valence electrons. The average Bonchev–Trinajstić information content (AvgIpc) is 3.07. The number of pyridine rings is 1. The number of nitrogens with one attached hydrogen (secondary N) is 1. The lowest BCUT2D eigenvalue weighted by molar-refractivity contribution is -0.120. The van der Waals surface area contributed by atoms with Gasteiger partial charge in [0.15, 0.2) is 0 Å². The van der Waals surface area contributed by atoms with Gasteiger partial charge in [0.1, 0.15) is 6.10 Å². The van der Waals surface area contributed by atoms with Gasteiger partial charge in [0.05, 0.1) is 31.1 Å². The third-order valence-electron chi connectivity index (χ3n) is 7.09. The fourth-order valence-corrected chi connectivity index (χ4v) is 6.96. The summed E-state index contributed by atoms with van der Waals surface area (Å²) < 4.78 is 5.30. The van der Waals surface area contributed by atoms with Crippen LogP contribution in [0.4, 0.5) is 0 Å². The number of hydrogen-bond acceptors (Lipinski definition) is 8. The topological polar surface area (TPSA) is 135 Å². The summed E-state index contributed by atoms with van der Waals surface area (Å²) in [4.78, 5) is 28.8. The molecule has 0 aliphatic heterocycles. The molecule has 48 heavy (non-hydrogen) atoms. The van der Waals surface area contributed by atoms with E-state index < -0.39 is 16.8 Å². The number of hydrogen-bond donors (Lipinski definition) is 4. The van der Waals surface area contributed by atoms with Gasteiger partial charge in [-0.25, -0.2) is 0 Å². The molecule has 0 bridgehead atoms. The number of nitrogens with zero attached hydrogens (tertiary/aromatic N) is 1. The minimum Gasteiger partial charge on any atom is -0.394 e. The Morgan fingerprint density at radius 3 is 1.98 bits per heavy atom. The van der Waals surface area contributed by atoms with Gasteiger partial charge in [-0.15, -0.1) is 0 Å². The van der Waals surface area contributed by atoms with Gasteiger partial charge >= 0.3 is 0 Å². The Hall–Kier alpha value is -2.89. The minimum absolute atomic E-state index is 0.0179. The maximum atomic E-state index is 12.3. The summed E-state index contributed by atoms with van der Waals surface area (Å²) in [5.41, 5.74) is 6.45. The molecule has 0 saturated carbocycles. The molecular weight excluding hydrogens is 643 g/mol. The van der Waals surface area contributed by atoms with E-state index in [1.165, 1.54) is 0 Å². The van der Waals surface area contributed by atoms with Crippen molar-refractivity contribution in [1.29, 1.82) is 0 Å². The largest absolute Gasteiger partial charge is 0.394 e. The normalized spacial score (nSPS) is 13.5. The number of aliphatic hydroxyl groups excluding tert-OH is 2. The summed E-state index contributed by atoms with van der Waals surface area (Å²) in [6.07, 6.45) is 33.8. The molecule has 1 atom stereocenters. The summed E-state index contributed by atoms with van der Waals surface area (Å²) >= 11 is 0. The van der Waals surface area contributed by atoms with Gasteiger partial charge in [-0.05, 0) is 70.9 Å². The monoisotopic (exact) mass is 699 g/mol. The number of primary amides is 1. The SMILES string of the molecule is CC/C=C\C/C=C\C/C=C\C/C=C\C/C=C\C/C=C\CCC(=O)NCCSSC(C)(C)[C@@H](COC(CO)CO)c1ncccc1C(N)=O. The minimum atomic E-state index is -0.732. The third kappa shape index (κ3) is 20.5. The van der Waals surface area contributed by atoms with Crippen molar-refractivity contribution >= 4 is 33.4 Å². The zero-order chi connectivity index (χ0) is 35.3. The lowest BCUT2D eigenvalue weighted by Gasteiger charge is -2.34. The number of amides is 2. The van der Waals surface area contributed by atoms with Gasteiger partial charge in [-0.1, -0.05) is 101 Å². The standard InChI is InChI=1S/C38H57N3O5S2/c1-4-5-6-7-8-9-10-11-12-13-14-15-16-17-18-19-20-21-22-25-35(44)40-27-28-47-48-38(2,3)34(31-46-32(29-42)30-43)36-33(37(39)45)24-23-26-41-36/h5-6,8-9,11-12,14-15,17-18,20-21,23-24,26,32,34,42-43H,4,7,10,13,16,19,22,25,27-31H2,1-3H3,(H2,39,45)(H,40,44)/b6-5-,9-8-,12-11-,15-14-,18-17-,21-20-/t34-/m0/s1. The molecule has 2 amide bonds. The first-order valence-electron chi connectivity index (χ1n) is 16.8. The molecule has 1 rings (SSSR count). The highest BCUT2D eigenvalue weighted by atomic mass is 33.1. The highest BCUT2D eigenvalue weighted by Crippen LogP contribution is 2.45. The van der Waals surface area contributed by atoms with Crippen LogP contribution in [0.5, 0.6) is 0 Å². The molecule has 1 heterocycles. The molecule has 5 N–H and O–H groups in total. The van der Waals surface area contributed by atoms with Gasteiger partial charge in [-0.3, -0.25) is 14.6 Å². The Bertz CT molecular complexity index is 1210. The van der Waals surface area contributed by atoms with Gasteiger partial charge in [0.25, 0.3) is 5.91 Å². The number of ether oxygens (including phenoxy) is 1. The molecule has 0 aliphatic rings. The van der Waals surface area contributed by atoms with Crippen molar-refractivity contribution in [3.05, 3.63) is 102 Å². The second-order valence-electron chi connectivity index (χ2n) is 11.5. The smallest absolute Gasteiger partial charge is 0.250 e. The number of aliphatic hydroxyl groups is 2. The van der Waals surface area contributed by atoms with Crippen LogP contribution < -0.4 is 11.1 Å². The first-order valence-corrected chi connectivity index (χ1v) is 19.1. The fraction of sp³-hybridized carbons (Fsp3) is 0.500. The quantitative estimate of drug-likeness (QED) is 0.0425. The van der Waals surface area contributed by atoms with E-state index in [2.05, 4.69) is 84.1 Å². The van der Waals surface area contributed by atoms with E-state index in [9.17, 15) is 19.8 Å². The first-order chi connectivity index (χ1) is 23.3. The second-order valence-corrected chi connectivity index (χ2v) is 14.6. The van der Waals surface area contributed by atoms with Crippen molar-refractivity contribution in [3.8, 4) is 0 Å². The number of aromatic nitrogens is 1. The lowest BCUT2D eigenvalue weighted by Crippen LogP contribution is -2.35. The van der Waals surface area contributed by atoms with Crippen LogP contribution in [0.15, 0.2) is 91.2 Å². The molecule has 0 unspecified atom stereocenters. The van der Waals surface area contributed by atoms with Crippen LogP contribution in [0, 0.1) is 0 Å². The highest BCUT2D eigenvalue weighted by molar-refractivity contribution is 8.77. The first kappa shape index (κ1) is 43.1. The van der Waals surface area contributed by atoms with E-state index >= 15 is 0 Å². The average molecular weight is 700 g/mol. The summed E-state index contributed by atoms with van der Waals surface area (Å²) in [6, 6.07) is 3.29. The third-order valence-corrected chi connectivity index (χ3v) is 10.4. The Morgan fingerprint density at radius 1 is 0.917 bits per heavy atom. The molecule has 8 nitrogen and oxygen atoms in total. The van der Waals surface area contributed by atoms with Gasteiger partial charge in [0.2, 0.25) is 5.91 Å². The van der Waals surface area contributed by atoms with Gasteiger partial charge in [-0.2, -0.15) is 0 Å². The van der Waals surface area contributed by atoms with Crippen LogP contribution in [0.3, 0.4) is 0 Å². The molecule has 0 saturated heterocycles. The van der Waals surface area contributed by atoms with E-state index in [1.807, 2.05) is 19.9 Å². The maximum absolute atomic E-state index is 12.3. The molecule has 1 aromatic rings.